The van der Waals surface area contributed by atoms with Crippen molar-refractivity contribution in [3.05, 3.63) is 34.9 Å². The van der Waals surface area contributed by atoms with Gasteiger partial charge in [0.2, 0.25) is 5.91 Å². The number of carbonyl (C=O) groups excluding carboxylic acids is 1. The van der Waals surface area contributed by atoms with Gasteiger partial charge in [-0.15, -0.1) is 0 Å². The Hall–Kier alpha value is -1.06. The molecule has 1 aromatic carbocycles. The molecule has 1 aliphatic heterocycles. The largest absolute Gasteiger partial charge is 0.391 e. The Morgan fingerprint density at radius 1 is 1.53 bits per heavy atom. The van der Waals surface area contributed by atoms with Crippen molar-refractivity contribution in [2.24, 2.45) is 0 Å². The molecule has 1 aliphatic rings. The molecule has 0 aliphatic carbocycles. The zero-order chi connectivity index (χ0) is 10.8. The number of hydrogen-bond donors (Lipinski definition) is 1. The van der Waals surface area contributed by atoms with Gasteiger partial charge in [0.15, 0.2) is 0 Å². The van der Waals surface area contributed by atoms with Crippen LogP contribution in [-0.2, 0) is 11.3 Å². The Balaban J connectivity index is 2.06. The summed E-state index contributed by atoms with van der Waals surface area (Å²) >= 11 is 5.84. The number of halogens is 1. The van der Waals surface area contributed by atoms with Crippen LogP contribution in [0, 0.1) is 0 Å². The predicted octanol–water partition coefficient (Wildman–Crippen LogP) is 1.43. The van der Waals surface area contributed by atoms with Crippen molar-refractivity contribution in [1.82, 2.24) is 4.90 Å². The topological polar surface area (TPSA) is 40.5 Å². The van der Waals surface area contributed by atoms with E-state index in [-0.39, 0.29) is 12.3 Å². The van der Waals surface area contributed by atoms with Gasteiger partial charge in [0, 0.05) is 18.1 Å². The molecule has 1 fully saturated rings. The van der Waals surface area contributed by atoms with Crippen LogP contribution in [0.3, 0.4) is 0 Å². The molecule has 1 heterocycles. The van der Waals surface area contributed by atoms with E-state index >= 15 is 0 Å². The Bertz CT molecular complexity index is 381. The van der Waals surface area contributed by atoms with Gasteiger partial charge in [-0.25, -0.2) is 0 Å². The minimum atomic E-state index is -0.517. The first-order valence-electron chi connectivity index (χ1n) is 4.85. The average Bonchev–Trinajstić information content (AvgIpc) is 2.45. The highest BCUT2D eigenvalue weighted by atomic mass is 35.5. The molecule has 80 valence electrons. The van der Waals surface area contributed by atoms with E-state index in [4.69, 9.17) is 11.6 Å². The molecule has 1 N–H and O–H groups in total. The quantitative estimate of drug-likeness (QED) is 0.828. The van der Waals surface area contributed by atoms with Crippen molar-refractivity contribution in [2.45, 2.75) is 19.1 Å². The lowest BCUT2D eigenvalue weighted by molar-refractivity contribution is -0.128. The molecule has 0 spiro atoms. The monoisotopic (exact) mass is 225 g/mol. The van der Waals surface area contributed by atoms with Crippen molar-refractivity contribution >= 4 is 17.5 Å². The summed E-state index contributed by atoms with van der Waals surface area (Å²) in [6, 6.07) is 7.41. The van der Waals surface area contributed by atoms with Crippen molar-refractivity contribution in [2.75, 3.05) is 6.54 Å². The van der Waals surface area contributed by atoms with Gasteiger partial charge in [0.05, 0.1) is 12.5 Å². The van der Waals surface area contributed by atoms with Gasteiger partial charge in [-0.2, -0.15) is 0 Å². The van der Waals surface area contributed by atoms with Crippen molar-refractivity contribution in [3.63, 3.8) is 0 Å². The van der Waals surface area contributed by atoms with E-state index in [1.807, 2.05) is 18.2 Å². The Morgan fingerprint density at radius 2 is 2.33 bits per heavy atom. The maximum atomic E-state index is 11.4. The highest BCUT2D eigenvalue weighted by molar-refractivity contribution is 6.30. The van der Waals surface area contributed by atoms with Crippen LogP contribution < -0.4 is 0 Å². The highest BCUT2D eigenvalue weighted by Crippen LogP contribution is 2.17. The number of aliphatic hydroxyl groups excluding tert-OH is 1. The lowest BCUT2D eigenvalue weighted by Gasteiger charge is -2.15. The second-order valence-electron chi connectivity index (χ2n) is 3.76. The van der Waals surface area contributed by atoms with E-state index in [0.717, 1.165) is 5.56 Å². The number of likely N-dealkylation sites (tertiary alicyclic amines) is 1. The molecular formula is C11H12ClNO2. The summed E-state index contributed by atoms with van der Waals surface area (Å²) in [4.78, 5) is 13.1. The van der Waals surface area contributed by atoms with Crippen LogP contribution in [-0.4, -0.2) is 28.6 Å². The number of benzene rings is 1. The number of carbonyl (C=O) groups is 1. The van der Waals surface area contributed by atoms with Crippen LogP contribution in [0.4, 0.5) is 0 Å². The smallest absolute Gasteiger partial charge is 0.225 e. The third-order valence-corrected chi connectivity index (χ3v) is 2.69. The van der Waals surface area contributed by atoms with Gasteiger partial charge in [-0.3, -0.25) is 4.79 Å². The summed E-state index contributed by atoms with van der Waals surface area (Å²) in [5, 5.41) is 9.98. The second-order valence-corrected chi connectivity index (χ2v) is 4.20. The summed E-state index contributed by atoms with van der Waals surface area (Å²) in [5.74, 6) is 0.00229. The summed E-state index contributed by atoms with van der Waals surface area (Å²) in [5.41, 5.74) is 0.991. The van der Waals surface area contributed by atoms with Gasteiger partial charge in [0.1, 0.15) is 0 Å². The molecule has 0 saturated carbocycles. The molecule has 1 saturated heterocycles. The Labute approximate surface area is 93.3 Å². The molecule has 4 heteroatoms. The van der Waals surface area contributed by atoms with Gasteiger partial charge in [0.25, 0.3) is 0 Å². The third-order valence-electron chi connectivity index (χ3n) is 2.46. The first-order valence-corrected chi connectivity index (χ1v) is 5.23. The Morgan fingerprint density at radius 3 is 2.93 bits per heavy atom. The second kappa shape index (κ2) is 4.21. The summed E-state index contributed by atoms with van der Waals surface area (Å²) in [7, 11) is 0. The number of aliphatic hydroxyl groups is 1. The highest BCUT2D eigenvalue weighted by Gasteiger charge is 2.27. The van der Waals surface area contributed by atoms with Crippen LogP contribution in [0.2, 0.25) is 5.02 Å². The van der Waals surface area contributed by atoms with E-state index in [0.29, 0.717) is 18.1 Å². The first kappa shape index (κ1) is 10.5. The maximum absolute atomic E-state index is 11.4. The molecule has 2 rings (SSSR count). The van der Waals surface area contributed by atoms with Gasteiger partial charge in [-0.1, -0.05) is 23.7 Å². The fraction of sp³-hybridized carbons (Fsp3) is 0.364. The fourth-order valence-corrected chi connectivity index (χ4v) is 1.97. The molecule has 0 aromatic heterocycles. The predicted molar refractivity (Wildman–Crippen MR) is 57.5 cm³/mol. The van der Waals surface area contributed by atoms with Gasteiger partial charge in [-0.05, 0) is 17.7 Å². The van der Waals surface area contributed by atoms with Crippen LogP contribution in [0.15, 0.2) is 24.3 Å². The van der Waals surface area contributed by atoms with Crippen LogP contribution in [0.5, 0.6) is 0 Å². The number of hydrogen-bond acceptors (Lipinski definition) is 2. The van der Waals surface area contributed by atoms with E-state index < -0.39 is 6.10 Å². The molecule has 1 amide bonds. The van der Waals surface area contributed by atoms with Crippen LogP contribution in [0.25, 0.3) is 0 Å². The zero-order valence-corrected chi connectivity index (χ0v) is 8.94. The van der Waals surface area contributed by atoms with Crippen LogP contribution >= 0.6 is 11.6 Å². The van der Waals surface area contributed by atoms with Crippen molar-refractivity contribution in [1.29, 1.82) is 0 Å². The lowest BCUT2D eigenvalue weighted by atomic mass is 10.2. The normalized spacial score (nSPS) is 21.1. The molecule has 1 aromatic rings. The number of nitrogens with zero attached hydrogens (tertiary/aromatic N) is 1. The molecular weight excluding hydrogens is 214 g/mol. The fourth-order valence-electron chi connectivity index (χ4n) is 1.76. The number of rotatable bonds is 2. The summed E-state index contributed by atoms with van der Waals surface area (Å²) in [6.45, 7) is 0.946. The van der Waals surface area contributed by atoms with E-state index in [1.165, 1.54) is 0 Å². The van der Waals surface area contributed by atoms with E-state index in [2.05, 4.69) is 0 Å². The molecule has 0 radical (unpaired) electrons. The van der Waals surface area contributed by atoms with Crippen LogP contribution in [0.1, 0.15) is 12.0 Å². The third kappa shape index (κ3) is 2.49. The van der Waals surface area contributed by atoms with Gasteiger partial charge >= 0.3 is 0 Å². The lowest BCUT2D eigenvalue weighted by Crippen LogP contribution is -2.25. The maximum Gasteiger partial charge on any atom is 0.225 e. The minimum Gasteiger partial charge on any atom is -0.391 e. The zero-order valence-electron chi connectivity index (χ0n) is 8.19. The van der Waals surface area contributed by atoms with Crippen molar-refractivity contribution in [3.8, 4) is 0 Å². The van der Waals surface area contributed by atoms with Gasteiger partial charge < -0.3 is 10.0 Å². The van der Waals surface area contributed by atoms with E-state index in [9.17, 15) is 9.90 Å². The molecule has 1 atom stereocenters. The first-order chi connectivity index (χ1) is 7.15. The molecule has 3 nitrogen and oxygen atoms in total. The van der Waals surface area contributed by atoms with E-state index in [1.54, 1.807) is 11.0 Å². The molecule has 15 heavy (non-hydrogen) atoms. The SMILES string of the molecule is O=C1CC(O)CN1Cc1cccc(Cl)c1. The minimum absolute atomic E-state index is 0.00229. The summed E-state index contributed by atoms with van der Waals surface area (Å²) in [6.07, 6.45) is -0.280. The average molecular weight is 226 g/mol. The number of β-amino-alcohol motifs (C(OH)–C–C–N with tert-alkyl or cyclic N) is 1. The number of amides is 1. The molecule has 0 bridgehead atoms. The van der Waals surface area contributed by atoms with Crippen molar-refractivity contribution < 1.29 is 9.90 Å². The Kier molecular flexibility index (Phi) is 2.93. The molecule has 1 unspecified atom stereocenters. The summed E-state index contributed by atoms with van der Waals surface area (Å²) < 4.78 is 0. The standard InChI is InChI=1S/C11H12ClNO2/c12-9-3-1-2-8(4-9)6-13-7-10(14)5-11(13)15/h1-4,10,14H,5-7H2.